The van der Waals surface area contributed by atoms with E-state index < -0.39 is 11.5 Å². The number of nitrogens with one attached hydrogen (secondary N) is 1. The highest BCUT2D eigenvalue weighted by atomic mass is 16.5. The zero-order valence-electron chi connectivity index (χ0n) is 12.5. The molecule has 0 spiro atoms. The second kappa shape index (κ2) is 6.80. The highest BCUT2D eigenvalue weighted by Gasteiger charge is 2.11. The smallest absolute Gasteiger partial charge is 0.260 e. The van der Waals surface area contributed by atoms with Gasteiger partial charge in [-0.15, -0.1) is 0 Å². The molecule has 0 aliphatic heterocycles. The van der Waals surface area contributed by atoms with Crippen LogP contribution in [0.3, 0.4) is 0 Å². The van der Waals surface area contributed by atoms with Crippen molar-refractivity contribution >= 4 is 5.91 Å². The first-order valence-electron chi connectivity index (χ1n) is 6.99. The Hall–Kier alpha value is -2.76. The summed E-state index contributed by atoms with van der Waals surface area (Å²) in [4.78, 5) is 25.3. The van der Waals surface area contributed by atoms with Gasteiger partial charge in [0, 0.05) is 6.20 Å². The van der Waals surface area contributed by atoms with Crippen molar-refractivity contribution in [2.75, 3.05) is 13.2 Å². The van der Waals surface area contributed by atoms with Crippen LogP contribution >= 0.6 is 0 Å². The maximum absolute atomic E-state index is 11.6. The van der Waals surface area contributed by atoms with Crippen LogP contribution in [0.15, 0.2) is 35.3 Å². The lowest BCUT2D eigenvalue weighted by Crippen LogP contribution is -2.23. The summed E-state index contributed by atoms with van der Waals surface area (Å²) >= 11 is 0. The molecule has 0 unspecified atom stereocenters. The van der Waals surface area contributed by atoms with Gasteiger partial charge >= 0.3 is 0 Å². The number of hydrogen-bond donors (Lipinski definition) is 2. The van der Waals surface area contributed by atoms with E-state index in [-0.39, 0.29) is 5.56 Å². The quantitative estimate of drug-likeness (QED) is 0.852. The molecule has 0 bridgehead atoms. The van der Waals surface area contributed by atoms with Gasteiger partial charge in [0.1, 0.15) is 5.56 Å². The van der Waals surface area contributed by atoms with E-state index in [0.29, 0.717) is 30.3 Å². The van der Waals surface area contributed by atoms with Crippen molar-refractivity contribution in [2.24, 2.45) is 5.73 Å². The Bertz CT molecular complexity index is 737. The van der Waals surface area contributed by atoms with Crippen molar-refractivity contribution in [3.63, 3.8) is 0 Å². The molecule has 1 aromatic heterocycles. The van der Waals surface area contributed by atoms with Gasteiger partial charge in [0.2, 0.25) is 0 Å². The zero-order chi connectivity index (χ0) is 16.1. The summed E-state index contributed by atoms with van der Waals surface area (Å²) in [7, 11) is 0. The zero-order valence-corrected chi connectivity index (χ0v) is 12.5. The number of benzene rings is 1. The lowest BCUT2D eigenvalue weighted by molar-refractivity contribution is 0.0999. The maximum atomic E-state index is 11.6. The molecule has 6 nitrogen and oxygen atoms in total. The number of primary amides is 1. The number of carbonyl (C=O) groups is 1. The molecule has 1 heterocycles. The Balaban J connectivity index is 2.48. The third-order valence-electron chi connectivity index (χ3n) is 3.05. The second-order valence-corrected chi connectivity index (χ2v) is 4.52. The molecule has 3 N–H and O–H groups in total. The first-order valence-corrected chi connectivity index (χ1v) is 6.99. The highest BCUT2D eigenvalue weighted by molar-refractivity contribution is 5.93. The van der Waals surface area contributed by atoms with Gasteiger partial charge in [0.15, 0.2) is 11.5 Å². The number of aromatic nitrogens is 1. The molecule has 2 aromatic rings. The molecule has 6 heteroatoms. The molecule has 1 aromatic carbocycles. The second-order valence-electron chi connectivity index (χ2n) is 4.52. The normalized spacial score (nSPS) is 10.3. The van der Waals surface area contributed by atoms with E-state index >= 15 is 0 Å². The van der Waals surface area contributed by atoms with Crippen LogP contribution in [0.25, 0.3) is 11.1 Å². The molecule has 0 atom stereocenters. The van der Waals surface area contributed by atoms with Gasteiger partial charge < -0.3 is 20.2 Å². The van der Waals surface area contributed by atoms with Crippen LogP contribution in [-0.4, -0.2) is 24.1 Å². The van der Waals surface area contributed by atoms with E-state index in [0.717, 1.165) is 5.56 Å². The van der Waals surface area contributed by atoms with E-state index in [2.05, 4.69) is 4.98 Å². The Morgan fingerprint density at radius 2 is 1.77 bits per heavy atom. The number of amides is 1. The minimum Gasteiger partial charge on any atom is -0.490 e. The molecule has 0 aliphatic rings. The van der Waals surface area contributed by atoms with Crippen molar-refractivity contribution in [2.45, 2.75) is 13.8 Å². The summed E-state index contributed by atoms with van der Waals surface area (Å²) in [5.41, 5.74) is 6.06. The average molecular weight is 302 g/mol. The molecule has 22 heavy (non-hydrogen) atoms. The molecular formula is C16H18N2O4. The third-order valence-corrected chi connectivity index (χ3v) is 3.05. The van der Waals surface area contributed by atoms with E-state index in [1.54, 1.807) is 12.1 Å². The summed E-state index contributed by atoms with van der Waals surface area (Å²) in [6.45, 7) is 4.81. The number of hydrogen-bond acceptors (Lipinski definition) is 4. The summed E-state index contributed by atoms with van der Waals surface area (Å²) < 4.78 is 11.1. The van der Waals surface area contributed by atoms with Crippen molar-refractivity contribution < 1.29 is 14.3 Å². The number of H-pyrrole nitrogens is 1. The van der Waals surface area contributed by atoms with E-state index in [1.165, 1.54) is 12.3 Å². The number of nitrogens with two attached hydrogens (primary N) is 1. The molecule has 1 amide bonds. The van der Waals surface area contributed by atoms with E-state index in [4.69, 9.17) is 15.2 Å². The molecular weight excluding hydrogens is 284 g/mol. The van der Waals surface area contributed by atoms with Crippen molar-refractivity contribution in [1.82, 2.24) is 4.98 Å². The Morgan fingerprint density at radius 3 is 2.41 bits per heavy atom. The summed E-state index contributed by atoms with van der Waals surface area (Å²) in [5.74, 6) is 0.486. The number of ether oxygens (including phenoxy) is 2. The van der Waals surface area contributed by atoms with Gasteiger partial charge in [-0.25, -0.2) is 0 Å². The fourth-order valence-electron chi connectivity index (χ4n) is 2.06. The first-order chi connectivity index (χ1) is 10.6. The lowest BCUT2D eigenvalue weighted by atomic mass is 10.0. The number of pyridine rings is 1. The first kappa shape index (κ1) is 15.6. The standard InChI is InChI=1S/C16H18N2O4/c1-3-21-13-6-5-10(8-14(13)22-4-2)11-7-12(15(17)19)16(20)18-9-11/h5-9H,3-4H2,1-2H3,(H2,17,19)(H,18,20). The maximum Gasteiger partial charge on any atom is 0.260 e. The van der Waals surface area contributed by atoms with Gasteiger partial charge in [-0.1, -0.05) is 6.07 Å². The van der Waals surface area contributed by atoms with Crippen LogP contribution in [0.4, 0.5) is 0 Å². The van der Waals surface area contributed by atoms with E-state index in [1.807, 2.05) is 19.9 Å². The van der Waals surface area contributed by atoms with Crippen LogP contribution < -0.4 is 20.8 Å². The van der Waals surface area contributed by atoms with Gasteiger partial charge in [-0.3, -0.25) is 9.59 Å². The fourth-order valence-corrected chi connectivity index (χ4v) is 2.06. The van der Waals surface area contributed by atoms with Crippen LogP contribution in [0.2, 0.25) is 0 Å². The van der Waals surface area contributed by atoms with Crippen LogP contribution in [-0.2, 0) is 0 Å². The van der Waals surface area contributed by atoms with Gasteiger partial charge in [0.05, 0.1) is 13.2 Å². The van der Waals surface area contributed by atoms with E-state index in [9.17, 15) is 9.59 Å². The van der Waals surface area contributed by atoms with Crippen LogP contribution in [0.5, 0.6) is 11.5 Å². The molecule has 2 rings (SSSR count). The summed E-state index contributed by atoms with van der Waals surface area (Å²) in [6.07, 6.45) is 1.53. The van der Waals surface area contributed by atoms with Gasteiger partial charge in [0.25, 0.3) is 11.5 Å². The molecule has 0 radical (unpaired) electrons. The fraction of sp³-hybridized carbons (Fsp3) is 0.250. The largest absolute Gasteiger partial charge is 0.490 e. The topological polar surface area (TPSA) is 94.4 Å². The van der Waals surface area contributed by atoms with Gasteiger partial charge in [-0.2, -0.15) is 0 Å². The number of aromatic amines is 1. The van der Waals surface area contributed by atoms with Crippen LogP contribution in [0.1, 0.15) is 24.2 Å². The summed E-state index contributed by atoms with van der Waals surface area (Å²) in [6, 6.07) is 6.88. The monoisotopic (exact) mass is 302 g/mol. The van der Waals surface area contributed by atoms with Gasteiger partial charge in [-0.05, 0) is 43.2 Å². The third kappa shape index (κ3) is 3.28. The predicted octanol–water partition coefficient (Wildman–Crippen LogP) is 1.94. The van der Waals surface area contributed by atoms with Crippen molar-refractivity contribution in [3.05, 3.63) is 46.4 Å². The minimum atomic E-state index is -0.765. The predicted molar refractivity (Wildman–Crippen MR) is 83.4 cm³/mol. The SMILES string of the molecule is CCOc1ccc(-c2c[nH]c(=O)c(C(N)=O)c2)cc1OCC. The molecule has 0 saturated heterocycles. The Morgan fingerprint density at radius 1 is 1.09 bits per heavy atom. The molecule has 0 fully saturated rings. The molecule has 0 aliphatic carbocycles. The highest BCUT2D eigenvalue weighted by Crippen LogP contribution is 2.32. The van der Waals surface area contributed by atoms with Crippen molar-refractivity contribution in [3.8, 4) is 22.6 Å². The molecule has 0 saturated carbocycles. The summed E-state index contributed by atoms with van der Waals surface area (Å²) in [5, 5.41) is 0. The lowest BCUT2D eigenvalue weighted by Gasteiger charge is -2.12. The average Bonchev–Trinajstić information content (AvgIpc) is 2.50. The Labute approximate surface area is 127 Å². The van der Waals surface area contributed by atoms with Crippen LogP contribution in [0, 0.1) is 0 Å². The molecule has 116 valence electrons. The number of carbonyl (C=O) groups excluding carboxylic acids is 1. The minimum absolute atomic E-state index is 0.0793. The van der Waals surface area contributed by atoms with Crippen molar-refractivity contribution in [1.29, 1.82) is 0 Å². The number of rotatable bonds is 6. The Kier molecular flexibility index (Phi) is 4.83.